The molecule has 5 heteroatoms. The minimum absolute atomic E-state index is 0.00595. The molecule has 90 valence electrons. The molecule has 0 aromatic carbocycles. The van der Waals surface area contributed by atoms with E-state index in [1.54, 1.807) is 18.3 Å². The van der Waals surface area contributed by atoms with Crippen molar-refractivity contribution >= 4 is 5.65 Å². The number of hydrogen-bond acceptors (Lipinski definition) is 3. The molecule has 0 amide bonds. The molecular formula is C12H16N4O. The summed E-state index contributed by atoms with van der Waals surface area (Å²) >= 11 is 0. The molecule has 1 aliphatic heterocycles. The second-order valence-electron chi connectivity index (χ2n) is 4.78. The molecule has 3 rings (SSSR count). The van der Waals surface area contributed by atoms with Gasteiger partial charge in [-0.1, -0.05) is 0 Å². The second kappa shape index (κ2) is 4.00. The van der Waals surface area contributed by atoms with Crippen molar-refractivity contribution in [1.29, 1.82) is 0 Å². The maximum absolute atomic E-state index is 11.2. The Balaban J connectivity index is 1.93. The zero-order valence-electron chi connectivity index (χ0n) is 9.89. The van der Waals surface area contributed by atoms with Gasteiger partial charge in [0.1, 0.15) is 5.82 Å². The number of nitrogens with zero attached hydrogens (tertiary/aromatic N) is 3. The Kier molecular flexibility index (Phi) is 2.48. The predicted octanol–water partition coefficient (Wildman–Crippen LogP) is 0.832. The third kappa shape index (κ3) is 1.98. The van der Waals surface area contributed by atoms with Crippen molar-refractivity contribution in [2.24, 2.45) is 0 Å². The maximum Gasteiger partial charge on any atom is 0.183 e. The van der Waals surface area contributed by atoms with Crippen molar-refractivity contribution in [3.05, 3.63) is 34.4 Å². The topological polar surface area (TPSA) is 53.4 Å². The van der Waals surface area contributed by atoms with Gasteiger partial charge in [-0.2, -0.15) is 0 Å². The zero-order chi connectivity index (χ0) is 11.8. The number of likely N-dealkylation sites (tertiary alicyclic amines) is 1. The van der Waals surface area contributed by atoms with E-state index in [0.717, 1.165) is 31.8 Å². The molecule has 1 aliphatic rings. The highest BCUT2D eigenvalue weighted by Gasteiger charge is 2.21. The van der Waals surface area contributed by atoms with Crippen molar-refractivity contribution in [2.75, 3.05) is 20.1 Å². The summed E-state index contributed by atoms with van der Waals surface area (Å²) in [5, 5.41) is 3.26. The fourth-order valence-electron chi connectivity index (χ4n) is 2.39. The van der Waals surface area contributed by atoms with Gasteiger partial charge in [0.15, 0.2) is 11.1 Å². The highest BCUT2D eigenvalue weighted by atomic mass is 16.1. The van der Waals surface area contributed by atoms with Crippen LogP contribution in [0.4, 0.5) is 0 Å². The van der Waals surface area contributed by atoms with Crippen molar-refractivity contribution in [1.82, 2.24) is 19.5 Å². The quantitative estimate of drug-likeness (QED) is 0.792. The Bertz CT molecular complexity index is 577. The summed E-state index contributed by atoms with van der Waals surface area (Å²) in [6.45, 7) is 2.22. The largest absolute Gasteiger partial charge is 0.306 e. The Morgan fingerprint density at radius 3 is 2.94 bits per heavy atom. The van der Waals surface area contributed by atoms with E-state index in [9.17, 15) is 4.79 Å². The molecule has 3 heterocycles. The van der Waals surface area contributed by atoms with E-state index in [1.165, 1.54) is 0 Å². The lowest BCUT2D eigenvalue weighted by Gasteiger charge is -2.27. The first-order valence-corrected chi connectivity index (χ1v) is 5.99. The summed E-state index contributed by atoms with van der Waals surface area (Å²) < 4.78 is 1.81. The number of hydrogen-bond donors (Lipinski definition) is 1. The molecule has 5 nitrogen and oxygen atoms in total. The van der Waals surface area contributed by atoms with Crippen LogP contribution in [0.2, 0.25) is 0 Å². The SMILES string of the molecule is CN1CCC(c2nc3cc(=O)ccn3[nH]2)CC1. The summed E-state index contributed by atoms with van der Waals surface area (Å²) in [6, 6.07) is 3.11. The van der Waals surface area contributed by atoms with E-state index < -0.39 is 0 Å². The highest BCUT2D eigenvalue weighted by molar-refractivity contribution is 5.36. The van der Waals surface area contributed by atoms with E-state index in [1.807, 2.05) is 4.52 Å². The Hall–Kier alpha value is -1.62. The van der Waals surface area contributed by atoms with Gasteiger partial charge in [0, 0.05) is 24.2 Å². The number of aromatic nitrogens is 3. The molecule has 1 saturated heterocycles. The summed E-state index contributed by atoms with van der Waals surface area (Å²) in [7, 11) is 2.15. The van der Waals surface area contributed by atoms with Crippen molar-refractivity contribution in [3.8, 4) is 0 Å². The Morgan fingerprint density at radius 2 is 2.18 bits per heavy atom. The first-order chi connectivity index (χ1) is 8.22. The average molecular weight is 232 g/mol. The molecular weight excluding hydrogens is 216 g/mol. The van der Waals surface area contributed by atoms with Gasteiger partial charge in [0.2, 0.25) is 0 Å². The molecule has 0 bridgehead atoms. The molecule has 0 atom stereocenters. The summed E-state index contributed by atoms with van der Waals surface area (Å²) in [5.74, 6) is 1.49. The third-order valence-corrected chi connectivity index (χ3v) is 3.48. The number of pyridine rings is 1. The molecule has 1 N–H and O–H groups in total. The summed E-state index contributed by atoms with van der Waals surface area (Å²) in [5.41, 5.74) is 0.720. The van der Waals surface area contributed by atoms with Gasteiger partial charge in [0.25, 0.3) is 0 Å². The first-order valence-electron chi connectivity index (χ1n) is 5.99. The number of H-pyrrole nitrogens is 1. The van der Waals surface area contributed by atoms with Gasteiger partial charge in [-0.15, -0.1) is 0 Å². The second-order valence-corrected chi connectivity index (χ2v) is 4.78. The Morgan fingerprint density at radius 1 is 1.41 bits per heavy atom. The van der Waals surface area contributed by atoms with Crippen LogP contribution in [0, 0.1) is 0 Å². The van der Waals surface area contributed by atoms with Crippen LogP contribution in [0.15, 0.2) is 23.1 Å². The normalized spacial score (nSPS) is 18.9. The van der Waals surface area contributed by atoms with Gasteiger partial charge in [-0.25, -0.2) is 9.50 Å². The lowest BCUT2D eigenvalue weighted by atomic mass is 9.97. The van der Waals surface area contributed by atoms with Crippen LogP contribution in [-0.4, -0.2) is 39.6 Å². The van der Waals surface area contributed by atoms with Crippen LogP contribution in [0.5, 0.6) is 0 Å². The molecule has 17 heavy (non-hydrogen) atoms. The molecule has 0 saturated carbocycles. The van der Waals surface area contributed by atoms with Gasteiger partial charge in [-0.05, 0) is 33.0 Å². The minimum Gasteiger partial charge on any atom is -0.306 e. The van der Waals surface area contributed by atoms with Crippen LogP contribution in [-0.2, 0) is 0 Å². The minimum atomic E-state index is 0.00595. The number of aromatic amines is 1. The van der Waals surface area contributed by atoms with Gasteiger partial charge in [-0.3, -0.25) is 9.89 Å². The van der Waals surface area contributed by atoms with Crippen LogP contribution in [0.25, 0.3) is 5.65 Å². The van der Waals surface area contributed by atoms with Crippen molar-refractivity contribution < 1.29 is 0 Å². The fraction of sp³-hybridized carbons (Fsp3) is 0.500. The van der Waals surface area contributed by atoms with E-state index >= 15 is 0 Å². The number of rotatable bonds is 1. The lowest BCUT2D eigenvalue weighted by molar-refractivity contribution is 0.251. The molecule has 0 spiro atoms. The number of piperidine rings is 1. The van der Waals surface area contributed by atoms with Gasteiger partial charge in [0.05, 0.1) is 0 Å². The fourth-order valence-corrected chi connectivity index (χ4v) is 2.39. The molecule has 1 fully saturated rings. The van der Waals surface area contributed by atoms with Crippen LogP contribution in [0.1, 0.15) is 24.6 Å². The summed E-state index contributed by atoms with van der Waals surface area (Å²) in [6.07, 6.45) is 3.99. The predicted molar refractivity (Wildman–Crippen MR) is 65.3 cm³/mol. The van der Waals surface area contributed by atoms with Crippen molar-refractivity contribution in [2.45, 2.75) is 18.8 Å². The van der Waals surface area contributed by atoms with E-state index in [2.05, 4.69) is 22.0 Å². The molecule has 0 unspecified atom stereocenters. The number of nitrogens with one attached hydrogen (secondary N) is 1. The first kappa shape index (κ1) is 10.5. The van der Waals surface area contributed by atoms with Gasteiger partial charge >= 0.3 is 0 Å². The maximum atomic E-state index is 11.2. The van der Waals surface area contributed by atoms with Crippen molar-refractivity contribution in [3.63, 3.8) is 0 Å². The highest BCUT2D eigenvalue weighted by Crippen LogP contribution is 2.24. The van der Waals surface area contributed by atoms with Crippen LogP contribution < -0.4 is 5.43 Å². The van der Waals surface area contributed by atoms with Crippen LogP contribution >= 0.6 is 0 Å². The lowest BCUT2D eigenvalue weighted by Crippen LogP contribution is -2.29. The Labute approximate surface area is 99.1 Å². The monoisotopic (exact) mass is 232 g/mol. The molecule has 0 radical (unpaired) electrons. The smallest absolute Gasteiger partial charge is 0.183 e. The standard InChI is InChI=1S/C12H16N4O/c1-15-5-2-9(3-6-15)12-13-11-8-10(17)4-7-16(11)14-12/h4,7-9H,2-3,5-6H2,1H3,(H,13,14). The van der Waals surface area contributed by atoms with E-state index in [-0.39, 0.29) is 5.43 Å². The molecule has 2 aromatic heterocycles. The average Bonchev–Trinajstić information content (AvgIpc) is 2.72. The molecule has 0 aliphatic carbocycles. The van der Waals surface area contributed by atoms with E-state index in [4.69, 9.17) is 0 Å². The van der Waals surface area contributed by atoms with E-state index in [0.29, 0.717) is 11.6 Å². The van der Waals surface area contributed by atoms with Gasteiger partial charge < -0.3 is 4.90 Å². The zero-order valence-corrected chi connectivity index (χ0v) is 9.89. The third-order valence-electron chi connectivity index (χ3n) is 3.48. The summed E-state index contributed by atoms with van der Waals surface area (Å²) in [4.78, 5) is 18.1. The van der Waals surface area contributed by atoms with Crippen LogP contribution in [0.3, 0.4) is 0 Å². The molecule has 2 aromatic rings. The number of fused-ring (bicyclic) bond motifs is 1.